The summed E-state index contributed by atoms with van der Waals surface area (Å²) in [5.41, 5.74) is 1.27. The number of ether oxygens (including phenoxy) is 1. The molecule has 0 bridgehead atoms. The van der Waals surface area contributed by atoms with Crippen LogP contribution in [0.3, 0.4) is 0 Å². The first-order chi connectivity index (χ1) is 8.20. The van der Waals surface area contributed by atoms with Gasteiger partial charge in [0.15, 0.2) is 16.4 Å². The van der Waals surface area contributed by atoms with Gasteiger partial charge in [-0.25, -0.2) is 9.78 Å². The number of methoxy groups -OCH3 is 1. The number of hydrogen-bond acceptors (Lipinski definition) is 5. The van der Waals surface area contributed by atoms with Gasteiger partial charge in [0.2, 0.25) is 0 Å². The predicted octanol–water partition coefficient (Wildman–Crippen LogP) is 1.70. The molecule has 0 N–H and O–H groups in total. The number of aryl methyl sites for hydroxylation is 1. The first-order valence-corrected chi connectivity index (χ1v) is 6.14. The lowest BCUT2D eigenvalue weighted by molar-refractivity contribution is 0.0594. The van der Waals surface area contributed by atoms with Crippen LogP contribution in [0.2, 0.25) is 0 Å². The van der Waals surface area contributed by atoms with Gasteiger partial charge in [-0.05, 0) is 12.8 Å². The van der Waals surface area contributed by atoms with Crippen LogP contribution in [0, 0.1) is 0 Å². The monoisotopic (exact) mass is 250 g/mol. The van der Waals surface area contributed by atoms with Crippen molar-refractivity contribution in [3.8, 4) is 0 Å². The van der Waals surface area contributed by atoms with Crippen molar-refractivity contribution in [1.82, 2.24) is 9.38 Å². The molecule has 0 spiro atoms. The molecule has 0 saturated carbocycles. The van der Waals surface area contributed by atoms with Gasteiger partial charge in [0.05, 0.1) is 12.0 Å². The van der Waals surface area contributed by atoms with Crippen molar-refractivity contribution >= 4 is 28.1 Å². The third kappa shape index (κ3) is 1.48. The van der Waals surface area contributed by atoms with Crippen molar-refractivity contribution < 1.29 is 14.3 Å². The molecule has 0 amide bonds. The molecule has 2 heterocycles. The molecule has 0 atom stereocenters. The van der Waals surface area contributed by atoms with E-state index >= 15 is 0 Å². The van der Waals surface area contributed by atoms with Crippen LogP contribution in [0.5, 0.6) is 0 Å². The van der Waals surface area contributed by atoms with Crippen LogP contribution < -0.4 is 0 Å². The number of carbonyl (C=O) groups excluding carboxylic acids is 2. The second kappa shape index (κ2) is 3.66. The highest BCUT2D eigenvalue weighted by molar-refractivity contribution is 7.19. The zero-order valence-corrected chi connectivity index (χ0v) is 10.0. The summed E-state index contributed by atoms with van der Waals surface area (Å²) in [6, 6.07) is 0. The minimum absolute atomic E-state index is 0.182. The first kappa shape index (κ1) is 10.5. The minimum atomic E-state index is -0.447. The maximum absolute atomic E-state index is 11.7. The summed E-state index contributed by atoms with van der Waals surface area (Å²) in [5, 5.41) is 0. The molecule has 2 aromatic heterocycles. The van der Waals surface area contributed by atoms with Crippen LogP contribution in [0.25, 0.3) is 4.96 Å². The highest BCUT2D eigenvalue weighted by atomic mass is 32.1. The van der Waals surface area contributed by atoms with Crippen molar-refractivity contribution in [1.29, 1.82) is 0 Å². The van der Waals surface area contributed by atoms with Crippen molar-refractivity contribution in [2.45, 2.75) is 19.3 Å². The van der Waals surface area contributed by atoms with Gasteiger partial charge in [0, 0.05) is 18.3 Å². The van der Waals surface area contributed by atoms with E-state index in [1.54, 1.807) is 6.20 Å². The van der Waals surface area contributed by atoms with Crippen LogP contribution in [0.1, 0.15) is 38.7 Å². The zero-order chi connectivity index (χ0) is 12.0. The van der Waals surface area contributed by atoms with E-state index in [-0.39, 0.29) is 5.78 Å². The molecule has 0 unspecified atom stereocenters. The van der Waals surface area contributed by atoms with Crippen molar-refractivity contribution in [2.24, 2.45) is 0 Å². The molecule has 0 aliphatic heterocycles. The lowest BCUT2D eigenvalue weighted by atomic mass is 10.0. The topological polar surface area (TPSA) is 60.7 Å². The normalized spacial score (nSPS) is 15.0. The lowest BCUT2D eigenvalue weighted by Crippen LogP contribution is -2.09. The van der Waals surface area contributed by atoms with E-state index in [9.17, 15) is 9.59 Å². The third-order valence-electron chi connectivity index (χ3n) is 2.89. The van der Waals surface area contributed by atoms with E-state index in [1.807, 2.05) is 4.40 Å². The van der Waals surface area contributed by atoms with Gasteiger partial charge >= 0.3 is 5.97 Å². The fourth-order valence-electron chi connectivity index (χ4n) is 2.07. The van der Waals surface area contributed by atoms with Gasteiger partial charge in [0.25, 0.3) is 0 Å². The quantitative estimate of drug-likeness (QED) is 0.723. The van der Waals surface area contributed by atoms with E-state index in [1.165, 1.54) is 18.4 Å². The molecule has 6 heteroatoms. The molecule has 5 nitrogen and oxygen atoms in total. The molecule has 88 valence electrons. The minimum Gasteiger partial charge on any atom is -0.464 e. The van der Waals surface area contributed by atoms with E-state index in [4.69, 9.17) is 0 Å². The van der Waals surface area contributed by atoms with Crippen LogP contribution in [0.15, 0.2) is 6.20 Å². The Labute approximate surface area is 101 Å². The van der Waals surface area contributed by atoms with Crippen LogP contribution in [0.4, 0.5) is 0 Å². The van der Waals surface area contributed by atoms with Gasteiger partial charge in [-0.15, -0.1) is 0 Å². The molecule has 17 heavy (non-hydrogen) atoms. The summed E-state index contributed by atoms with van der Waals surface area (Å²) >= 11 is 1.35. The average molecular weight is 250 g/mol. The Kier molecular flexibility index (Phi) is 2.25. The highest BCUT2D eigenvalue weighted by Gasteiger charge is 2.24. The van der Waals surface area contributed by atoms with Gasteiger partial charge in [-0.1, -0.05) is 11.3 Å². The fraction of sp³-hybridized carbons (Fsp3) is 0.364. The molecule has 3 rings (SSSR count). The number of ketones is 1. The number of carbonyl (C=O) groups is 2. The van der Waals surface area contributed by atoms with E-state index < -0.39 is 5.97 Å². The van der Waals surface area contributed by atoms with E-state index in [0.717, 1.165) is 23.4 Å². The highest BCUT2D eigenvalue weighted by Crippen LogP contribution is 2.30. The second-order valence-corrected chi connectivity index (χ2v) is 4.90. The van der Waals surface area contributed by atoms with Gasteiger partial charge < -0.3 is 4.74 Å². The number of thiazole rings is 1. The Balaban J connectivity index is 2.17. The Bertz CT molecular complexity index is 626. The van der Waals surface area contributed by atoms with Gasteiger partial charge in [-0.2, -0.15) is 0 Å². The first-order valence-electron chi connectivity index (χ1n) is 5.33. The smallest absolute Gasteiger partial charge is 0.358 e. The van der Waals surface area contributed by atoms with E-state index in [2.05, 4.69) is 9.72 Å². The van der Waals surface area contributed by atoms with Gasteiger partial charge in [-0.3, -0.25) is 9.20 Å². The number of imidazole rings is 1. The summed E-state index contributed by atoms with van der Waals surface area (Å²) in [5.74, 6) is -0.266. The van der Waals surface area contributed by atoms with Gasteiger partial charge in [0.1, 0.15) is 0 Å². The average Bonchev–Trinajstić information content (AvgIpc) is 2.87. The molecular weight excluding hydrogens is 240 g/mol. The van der Waals surface area contributed by atoms with Crippen molar-refractivity contribution in [3.63, 3.8) is 0 Å². The summed E-state index contributed by atoms with van der Waals surface area (Å²) in [6.07, 6.45) is 3.98. The Morgan fingerprint density at radius 2 is 2.35 bits per heavy atom. The van der Waals surface area contributed by atoms with Crippen molar-refractivity contribution in [3.05, 3.63) is 22.5 Å². The Morgan fingerprint density at radius 1 is 1.53 bits per heavy atom. The number of fused-ring (bicyclic) bond motifs is 3. The number of hydrogen-bond donors (Lipinski definition) is 0. The third-order valence-corrected chi connectivity index (χ3v) is 4.02. The summed E-state index contributed by atoms with van der Waals surface area (Å²) < 4.78 is 6.46. The molecule has 0 fully saturated rings. The fourth-order valence-corrected chi connectivity index (χ4v) is 3.19. The van der Waals surface area contributed by atoms with Crippen LogP contribution in [-0.2, 0) is 11.2 Å². The Morgan fingerprint density at radius 3 is 3.12 bits per heavy atom. The lowest BCUT2D eigenvalue weighted by Gasteiger charge is -2.08. The van der Waals surface area contributed by atoms with Crippen LogP contribution >= 0.6 is 11.3 Å². The molecule has 1 aliphatic rings. The summed E-state index contributed by atoms with van der Waals surface area (Å²) in [4.78, 5) is 28.7. The molecule has 1 aliphatic carbocycles. The number of aromatic nitrogens is 2. The number of nitrogens with zero attached hydrogens (tertiary/aromatic N) is 2. The number of rotatable bonds is 1. The van der Waals surface area contributed by atoms with E-state index in [0.29, 0.717) is 17.1 Å². The number of Topliss-reactive ketones (excluding diaryl/α,β-unsaturated/α-hetero) is 1. The Hall–Kier alpha value is -1.69. The zero-order valence-electron chi connectivity index (χ0n) is 9.23. The molecule has 0 aromatic carbocycles. The summed E-state index contributed by atoms with van der Waals surface area (Å²) in [6.45, 7) is 0. The number of esters is 1. The van der Waals surface area contributed by atoms with Crippen molar-refractivity contribution in [2.75, 3.05) is 7.11 Å². The summed E-state index contributed by atoms with van der Waals surface area (Å²) in [7, 11) is 1.33. The molecule has 0 radical (unpaired) electrons. The second-order valence-electron chi connectivity index (χ2n) is 3.92. The standard InChI is InChI=1S/C11H10N2O3S/c1-16-10(15)6-5-13-7-3-2-4-8(14)9(7)17-11(13)12-6/h5H,2-4H2,1H3. The maximum atomic E-state index is 11.7. The SMILES string of the molecule is COC(=O)c1cn2c3c(sc2n1)C(=O)CCC3. The molecule has 2 aromatic rings. The largest absolute Gasteiger partial charge is 0.464 e. The predicted molar refractivity (Wildman–Crippen MR) is 61.7 cm³/mol. The van der Waals surface area contributed by atoms with Crippen LogP contribution in [-0.4, -0.2) is 28.2 Å². The molecular formula is C11H10N2O3S. The maximum Gasteiger partial charge on any atom is 0.358 e. The molecule has 0 saturated heterocycles.